The molecule has 1 aliphatic carbocycles. The summed E-state index contributed by atoms with van der Waals surface area (Å²) in [5, 5.41) is 3.86. The van der Waals surface area contributed by atoms with Crippen LogP contribution < -0.4 is 10.9 Å². The number of thioether (sulfide) groups is 1. The molecule has 2 heterocycles. The minimum atomic E-state index is -0.315. The first-order valence-corrected chi connectivity index (χ1v) is 10.2. The van der Waals surface area contributed by atoms with Crippen LogP contribution in [0.2, 0.25) is 0 Å². The number of carbonyl (C=O) groups is 1. The molecule has 2 aromatic rings. The van der Waals surface area contributed by atoms with E-state index in [1.54, 1.807) is 23.0 Å². The Hall–Kier alpha value is -1.38. The van der Waals surface area contributed by atoms with E-state index in [9.17, 15) is 9.59 Å². The first kappa shape index (κ1) is 18.4. The molecule has 136 valence electrons. The number of aromatic nitrogens is 2. The van der Waals surface area contributed by atoms with Gasteiger partial charge in [0, 0.05) is 18.5 Å². The highest BCUT2D eigenvalue weighted by Crippen LogP contribution is 2.36. The fraction of sp³-hybridized carbons (Fsp3) is 0.588. The average Bonchev–Trinajstić information content (AvgIpc) is 3.15. The minimum Gasteiger partial charge on any atom is -0.383 e. The van der Waals surface area contributed by atoms with Gasteiger partial charge in [0.25, 0.3) is 5.56 Å². The lowest BCUT2D eigenvalue weighted by Gasteiger charge is -2.15. The molecule has 0 fully saturated rings. The van der Waals surface area contributed by atoms with E-state index in [1.807, 2.05) is 13.8 Å². The lowest BCUT2D eigenvalue weighted by molar-refractivity contribution is -0.120. The van der Waals surface area contributed by atoms with Gasteiger partial charge in [0.1, 0.15) is 4.83 Å². The number of hydrogen-bond donors (Lipinski definition) is 1. The van der Waals surface area contributed by atoms with Crippen LogP contribution in [-0.4, -0.2) is 41.0 Å². The van der Waals surface area contributed by atoms with E-state index in [0.29, 0.717) is 24.9 Å². The topological polar surface area (TPSA) is 73.2 Å². The van der Waals surface area contributed by atoms with Crippen molar-refractivity contribution in [3.8, 4) is 0 Å². The second kappa shape index (κ2) is 7.88. The van der Waals surface area contributed by atoms with Gasteiger partial charge in [-0.2, -0.15) is 0 Å². The number of nitrogens with zero attached hydrogens (tertiary/aromatic N) is 2. The Morgan fingerprint density at radius 2 is 2.28 bits per heavy atom. The summed E-state index contributed by atoms with van der Waals surface area (Å²) in [6.45, 7) is 5.18. The van der Waals surface area contributed by atoms with Crippen LogP contribution in [0.15, 0.2) is 9.95 Å². The predicted octanol–water partition coefficient (Wildman–Crippen LogP) is 2.21. The van der Waals surface area contributed by atoms with Crippen LogP contribution in [0.4, 0.5) is 0 Å². The van der Waals surface area contributed by atoms with Crippen LogP contribution in [-0.2, 0) is 28.9 Å². The number of aryl methyl sites for hydroxylation is 2. The van der Waals surface area contributed by atoms with Crippen LogP contribution in [0.25, 0.3) is 10.2 Å². The van der Waals surface area contributed by atoms with Crippen molar-refractivity contribution in [3.63, 3.8) is 0 Å². The van der Waals surface area contributed by atoms with Gasteiger partial charge in [-0.3, -0.25) is 14.2 Å². The molecule has 25 heavy (non-hydrogen) atoms. The van der Waals surface area contributed by atoms with Crippen molar-refractivity contribution in [2.24, 2.45) is 0 Å². The molecule has 3 rings (SSSR count). The van der Waals surface area contributed by atoms with Gasteiger partial charge in [-0.25, -0.2) is 4.98 Å². The standard InChI is InChI=1S/C17H23N3O3S2/c1-4-18-14(21)10(2)24-17-19-15-13(11-6-5-7-12(11)25-15)16(22)20(17)8-9-23-3/h10H,4-9H2,1-3H3,(H,18,21)/t10-/m0/s1. The van der Waals surface area contributed by atoms with E-state index in [-0.39, 0.29) is 16.7 Å². The summed E-state index contributed by atoms with van der Waals surface area (Å²) in [5.41, 5.74) is 1.17. The first-order valence-electron chi connectivity index (χ1n) is 8.55. The molecule has 0 bridgehead atoms. The van der Waals surface area contributed by atoms with Gasteiger partial charge >= 0.3 is 0 Å². The first-order chi connectivity index (χ1) is 12.1. The van der Waals surface area contributed by atoms with Crippen molar-refractivity contribution in [2.75, 3.05) is 20.3 Å². The summed E-state index contributed by atoms with van der Waals surface area (Å²) in [6, 6.07) is 0. The highest BCUT2D eigenvalue weighted by Gasteiger charge is 2.24. The number of fused-ring (bicyclic) bond motifs is 3. The van der Waals surface area contributed by atoms with Gasteiger partial charge in [0.05, 0.1) is 23.8 Å². The van der Waals surface area contributed by atoms with E-state index in [4.69, 9.17) is 9.72 Å². The van der Waals surface area contributed by atoms with Gasteiger partial charge in [-0.1, -0.05) is 11.8 Å². The molecule has 0 saturated heterocycles. The Kier molecular flexibility index (Phi) is 5.81. The molecule has 0 unspecified atom stereocenters. The molecule has 0 radical (unpaired) electrons. The Labute approximate surface area is 155 Å². The Bertz CT molecular complexity index is 844. The van der Waals surface area contributed by atoms with E-state index >= 15 is 0 Å². The second-order valence-corrected chi connectivity index (χ2v) is 8.43. The number of ether oxygens (including phenoxy) is 1. The highest BCUT2D eigenvalue weighted by molar-refractivity contribution is 8.00. The highest BCUT2D eigenvalue weighted by atomic mass is 32.2. The van der Waals surface area contributed by atoms with Crippen molar-refractivity contribution < 1.29 is 9.53 Å². The number of nitrogens with one attached hydrogen (secondary N) is 1. The monoisotopic (exact) mass is 381 g/mol. The second-order valence-electron chi connectivity index (χ2n) is 6.04. The lowest BCUT2D eigenvalue weighted by Crippen LogP contribution is -2.32. The SMILES string of the molecule is CCNC(=O)[C@H](C)Sc1nc2sc3c(c2c(=O)n1CCOC)CCC3. The largest absolute Gasteiger partial charge is 0.383 e. The summed E-state index contributed by atoms with van der Waals surface area (Å²) in [6.07, 6.45) is 3.10. The van der Waals surface area contributed by atoms with Crippen molar-refractivity contribution in [1.82, 2.24) is 14.9 Å². The fourth-order valence-electron chi connectivity index (χ4n) is 3.06. The third-order valence-electron chi connectivity index (χ3n) is 4.31. The van der Waals surface area contributed by atoms with E-state index in [2.05, 4.69) is 5.32 Å². The van der Waals surface area contributed by atoms with Gasteiger partial charge in [0.15, 0.2) is 5.16 Å². The molecular formula is C17H23N3O3S2. The van der Waals surface area contributed by atoms with Crippen LogP contribution in [0.3, 0.4) is 0 Å². The molecular weight excluding hydrogens is 358 g/mol. The third-order valence-corrected chi connectivity index (χ3v) is 6.59. The van der Waals surface area contributed by atoms with Crippen LogP contribution in [0, 0.1) is 0 Å². The number of methoxy groups -OCH3 is 1. The van der Waals surface area contributed by atoms with Gasteiger partial charge in [-0.05, 0) is 38.7 Å². The molecule has 1 atom stereocenters. The average molecular weight is 382 g/mol. The maximum absolute atomic E-state index is 13.1. The fourth-order valence-corrected chi connectivity index (χ4v) is 5.32. The zero-order valence-corrected chi connectivity index (χ0v) is 16.4. The van der Waals surface area contributed by atoms with Crippen molar-refractivity contribution in [1.29, 1.82) is 0 Å². The third kappa shape index (κ3) is 3.61. The lowest BCUT2D eigenvalue weighted by atomic mass is 10.2. The number of hydrogen-bond acceptors (Lipinski definition) is 6. The smallest absolute Gasteiger partial charge is 0.263 e. The molecule has 1 N–H and O–H groups in total. The van der Waals surface area contributed by atoms with E-state index in [0.717, 1.165) is 29.5 Å². The summed E-state index contributed by atoms with van der Waals surface area (Å²) >= 11 is 2.95. The molecule has 1 amide bonds. The molecule has 2 aromatic heterocycles. The quantitative estimate of drug-likeness (QED) is 0.588. The van der Waals surface area contributed by atoms with Crippen molar-refractivity contribution >= 4 is 39.2 Å². The van der Waals surface area contributed by atoms with Crippen molar-refractivity contribution in [2.45, 2.75) is 50.1 Å². The van der Waals surface area contributed by atoms with E-state index in [1.165, 1.54) is 22.2 Å². The molecule has 8 heteroatoms. The summed E-state index contributed by atoms with van der Waals surface area (Å²) in [7, 11) is 1.61. The maximum atomic E-state index is 13.1. The zero-order chi connectivity index (χ0) is 18.0. The zero-order valence-electron chi connectivity index (χ0n) is 14.8. The molecule has 0 spiro atoms. The molecule has 0 aromatic carbocycles. The molecule has 6 nitrogen and oxygen atoms in total. The summed E-state index contributed by atoms with van der Waals surface area (Å²) in [5.74, 6) is -0.0474. The normalized spacial score (nSPS) is 14.7. The molecule has 0 saturated carbocycles. The number of carbonyl (C=O) groups excluding carboxylic acids is 1. The minimum absolute atomic E-state index is 0.00736. The van der Waals surface area contributed by atoms with Gasteiger partial charge in [0.2, 0.25) is 5.91 Å². The van der Waals surface area contributed by atoms with Crippen LogP contribution in [0.1, 0.15) is 30.7 Å². The van der Waals surface area contributed by atoms with E-state index < -0.39 is 0 Å². The van der Waals surface area contributed by atoms with Crippen LogP contribution in [0.5, 0.6) is 0 Å². The predicted molar refractivity (Wildman–Crippen MR) is 102 cm³/mol. The van der Waals surface area contributed by atoms with Crippen molar-refractivity contribution in [3.05, 3.63) is 20.8 Å². The Balaban J connectivity index is 2.04. The Morgan fingerprint density at radius 1 is 1.48 bits per heavy atom. The number of thiophene rings is 1. The maximum Gasteiger partial charge on any atom is 0.263 e. The summed E-state index contributed by atoms with van der Waals surface area (Å²) < 4.78 is 6.82. The summed E-state index contributed by atoms with van der Waals surface area (Å²) in [4.78, 5) is 32.0. The molecule has 1 aliphatic rings. The van der Waals surface area contributed by atoms with Gasteiger partial charge in [-0.15, -0.1) is 11.3 Å². The van der Waals surface area contributed by atoms with Crippen LogP contribution >= 0.6 is 23.1 Å². The Morgan fingerprint density at radius 3 is 3.00 bits per heavy atom. The number of amides is 1. The van der Waals surface area contributed by atoms with Gasteiger partial charge < -0.3 is 10.1 Å². The molecule has 0 aliphatic heterocycles. The number of rotatable bonds is 7.